The molecule has 0 unspecified atom stereocenters. The van der Waals surface area contributed by atoms with Crippen LogP contribution in [0.5, 0.6) is 0 Å². The number of pyridine rings is 1. The van der Waals surface area contributed by atoms with Gasteiger partial charge in [-0.25, -0.2) is 0 Å². The standard InChI is InChI=1S/C13H7Br2N3O/c14-10-4-9(5-11(15)6-10)13-18-17-12(19-13)8-2-1-3-16-7-8/h1-7H. The van der Waals surface area contributed by atoms with E-state index in [-0.39, 0.29) is 0 Å². The molecule has 0 bridgehead atoms. The van der Waals surface area contributed by atoms with E-state index in [1.807, 2.05) is 30.3 Å². The predicted octanol–water partition coefficient (Wildman–Crippen LogP) is 4.32. The third kappa shape index (κ3) is 2.74. The van der Waals surface area contributed by atoms with Gasteiger partial charge in [-0.2, -0.15) is 0 Å². The zero-order valence-electron chi connectivity index (χ0n) is 9.55. The Kier molecular flexibility index (Phi) is 3.44. The molecule has 2 heterocycles. The molecule has 6 heteroatoms. The van der Waals surface area contributed by atoms with Gasteiger partial charge in [0.25, 0.3) is 0 Å². The van der Waals surface area contributed by atoms with E-state index in [9.17, 15) is 0 Å². The summed E-state index contributed by atoms with van der Waals surface area (Å²) < 4.78 is 7.55. The summed E-state index contributed by atoms with van der Waals surface area (Å²) in [6, 6.07) is 9.49. The Morgan fingerprint density at radius 1 is 0.895 bits per heavy atom. The highest BCUT2D eigenvalue weighted by molar-refractivity contribution is 9.11. The van der Waals surface area contributed by atoms with Crippen LogP contribution in [-0.4, -0.2) is 15.2 Å². The third-order valence-corrected chi connectivity index (χ3v) is 3.36. The maximum absolute atomic E-state index is 5.66. The molecule has 0 spiro atoms. The van der Waals surface area contributed by atoms with Gasteiger partial charge in [0.1, 0.15) is 0 Å². The second kappa shape index (κ2) is 5.22. The Morgan fingerprint density at radius 2 is 1.58 bits per heavy atom. The number of nitrogens with zero attached hydrogens (tertiary/aromatic N) is 3. The molecule has 0 atom stereocenters. The van der Waals surface area contributed by atoms with Crippen molar-refractivity contribution in [1.82, 2.24) is 15.2 Å². The van der Waals surface area contributed by atoms with E-state index in [2.05, 4.69) is 47.0 Å². The first kappa shape index (κ1) is 12.5. The van der Waals surface area contributed by atoms with Crippen LogP contribution >= 0.6 is 31.9 Å². The van der Waals surface area contributed by atoms with Crippen LogP contribution in [0.3, 0.4) is 0 Å². The van der Waals surface area contributed by atoms with Gasteiger partial charge in [-0.15, -0.1) is 10.2 Å². The predicted molar refractivity (Wildman–Crippen MR) is 78.4 cm³/mol. The second-order valence-corrected chi connectivity index (χ2v) is 5.64. The van der Waals surface area contributed by atoms with Crippen LogP contribution in [0.25, 0.3) is 22.9 Å². The molecule has 0 saturated heterocycles. The van der Waals surface area contributed by atoms with Gasteiger partial charge in [0.2, 0.25) is 11.8 Å². The van der Waals surface area contributed by atoms with Crippen molar-refractivity contribution in [3.63, 3.8) is 0 Å². The highest BCUT2D eigenvalue weighted by Crippen LogP contribution is 2.28. The largest absolute Gasteiger partial charge is 0.416 e. The van der Waals surface area contributed by atoms with Gasteiger partial charge in [0.05, 0.1) is 5.56 Å². The minimum Gasteiger partial charge on any atom is -0.416 e. The smallest absolute Gasteiger partial charge is 0.249 e. The summed E-state index contributed by atoms with van der Waals surface area (Å²) in [5.74, 6) is 0.931. The molecule has 4 nitrogen and oxygen atoms in total. The Hall–Kier alpha value is -1.53. The van der Waals surface area contributed by atoms with Crippen LogP contribution in [0.15, 0.2) is 56.1 Å². The highest BCUT2D eigenvalue weighted by Gasteiger charge is 2.11. The molecule has 3 aromatic rings. The lowest BCUT2D eigenvalue weighted by Gasteiger charge is -1.98. The van der Waals surface area contributed by atoms with Crippen molar-refractivity contribution in [2.24, 2.45) is 0 Å². The Balaban J connectivity index is 2.02. The van der Waals surface area contributed by atoms with Crippen molar-refractivity contribution in [3.05, 3.63) is 51.7 Å². The van der Waals surface area contributed by atoms with E-state index >= 15 is 0 Å². The quantitative estimate of drug-likeness (QED) is 0.664. The minimum absolute atomic E-state index is 0.458. The first-order valence-electron chi connectivity index (χ1n) is 5.43. The summed E-state index contributed by atoms with van der Waals surface area (Å²) in [6.07, 6.45) is 3.39. The molecule has 3 rings (SSSR count). The minimum atomic E-state index is 0.458. The van der Waals surface area contributed by atoms with Crippen molar-refractivity contribution in [1.29, 1.82) is 0 Å². The molecular weight excluding hydrogens is 374 g/mol. The number of hydrogen-bond donors (Lipinski definition) is 0. The molecule has 0 saturated carbocycles. The Bertz CT molecular complexity index is 693. The molecule has 0 N–H and O–H groups in total. The molecular formula is C13H7Br2N3O. The SMILES string of the molecule is Brc1cc(Br)cc(-c2nnc(-c3cccnc3)o2)c1. The molecule has 94 valence electrons. The number of aromatic nitrogens is 3. The average molecular weight is 381 g/mol. The number of rotatable bonds is 2. The summed E-state index contributed by atoms with van der Waals surface area (Å²) in [4.78, 5) is 4.03. The highest BCUT2D eigenvalue weighted by atomic mass is 79.9. The maximum atomic E-state index is 5.66. The van der Waals surface area contributed by atoms with E-state index < -0.39 is 0 Å². The van der Waals surface area contributed by atoms with Gasteiger partial charge in [0, 0.05) is 26.9 Å². The van der Waals surface area contributed by atoms with Crippen LogP contribution in [0, 0.1) is 0 Å². The fourth-order valence-electron chi connectivity index (χ4n) is 1.62. The number of hydrogen-bond acceptors (Lipinski definition) is 4. The van der Waals surface area contributed by atoms with E-state index in [1.54, 1.807) is 12.4 Å². The van der Waals surface area contributed by atoms with Gasteiger partial charge in [-0.05, 0) is 30.3 Å². The van der Waals surface area contributed by atoms with E-state index in [4.69, 9.17) is 4.42 Å². The average Bonchev–Trinajstić information content (AvgIpc) is 2.88. The molecule has 0 amide bonds. The summed E-state index contributed by atoms with van der Waals surface area (Å²) >= 11 is 6.86. The Labute approximate surface area is 126 Å². The van der Waals surface area contributed by atoms with Crippen LogP contribution < -0.4 is 0 Å². The van der Waals surface area contributed by atoms with Crippen molar-refractivity contribution in [3.8, 4) is 22.9 Å². The first-order valence-corrected chi connectivity index (χ1v) is 7.01. The van der Waals surface area contributed by atoms with Gasteiger partial charge < -0.3 is 4.42 Å². The monoisotopic (exact) mass is 379 g/mol. The number of benzene rings is 1. The fraction of sp³-hybridized carbons (Fsp3) is 0. The lowest BCUT2D eigenvalue weighted by molar-refractivity contribution is 0.584. The van der Waals surface area contributed by atoms with Crippen molar-refractivity contribution < 1.29 is 4.42 Å². The zero-order chi connectivity index (χ0) is 13.2. The maximum Gasteiger partial charge on any atom is 0.249 e. The zero-order valence-corrected chi connectivity index (χ0v) is 12.7. The van der Waals surface area contributed by atoms with Crippen LogP contribution in [0.2, 0.25) is 0 Å². The number of halogens is 2. The Morgan fingerprint density at radius 3 is 2.21 bits per heavy atom. The van der Waals surface area contributed by atoms with Crippen LogP contribution in [0.4, 0.5) is 0 Å². The topological polar surface area (TPSA) is 51.8 Å². The normalized spacial score (nSPS) is 10.6. The molecule has 0 aliphatic carbocycles. The lowest BCUT2D eigenvalue weighted by Crippen LogP contribution is -1.79. The lowest BCUT2D eigenvalue weighted by atomic mass is 10.2. The molecule has 0 aliphatic rings. The van der Waals surface area contributed by atoms with Gasteiger partial charge in [0.15, 0.2) is 0 Å². The summed E-state index contributed by atoms with van der Waals surface area (Å²) in [7, 11) is 0. The molecule has 0 radical (unpaired) electrons. The molecule has 2 aromatic heterocycles. The van der Waals surface area contributed by atoms with Crippen molar-refractivity contribution in [2.45, 2.75) is 0 Å². The third-order valence-electron chi connectivity index (χ3n) is 2.44. The summed E-state index contributed by atoms with van der Waals surface area (Å²) in [5, 5.41) is 8.09. The van der Waals surface area contributed by atoms with Crippen molar-refractivity contribution in [2.75, 3.05) is 0 Å². The molecule has 19 heavy (non-hydrogen) atoms. The molecule has 1 aromatic carbocycles. The second-order valence-electron chi connectivity index (χ2n) is 3.81. The van der Waals surface area contributed by atoms with E-state index in [0.717, 1.165) is 20.1 Å². The van der Waals surface area contributed by atoms with Gasteiger partial charge >= 0.3 is 0 Å². The van der Waals surface area contributed by atoms with Gasteiger partial charge in [-0.1, -0.05) is 31.9 Å². The van der Waals surface area contributed by atoms with Gasteiger partial charge in [-0.3, -0.25) is 4.98 Å². The van der Waals surface area contributed by atoms with Crippen LogP contribution in [0.1, 0.15) is 0 Å². The van der Waals surface area contributed by atoms with E-state index in [1.165, 1.54) is 0 Å². The summed E-state index contributed by atoms with van der Waals surface area (Å²) in [6.45, 7) is 0. The van der Waals surface area contributed by atoms with E-state index in [0.29, 0.717) is 11.8 Å². The fourth-order valence-corrected chi connectivity index (χ4v) is 2.92. The summed E-state index contributed by atoms with van der Waals surface area (Å²) in [5.41, 5.74) is 1.65. The molecule has 0 aliphatic heterocycles. The first-order chi connectivity index (χ1) is 9.22. The van der Waals surface area contributed by atoms with Crippen LogP contribution in [-0.2, 0) is 0 Å². The molecule has 0 fully saturated rings. The van der Waals surface area contributed by atoms with Crippen molar-refractivity contribution >= 4 is 31.9 Å².